The molecular weight excluding hydrogens is 392 g/mol. The highest BCUT2D eigenvalue weighted by atomic mass is 35.5. The first-order chi connectivity index (χ1) is 13.7. The fourth-order valence-corrected chi connectivity index (χ4v) is 3.50. The Balaban J connectivity index is 1.71. The van der Waals surface area contributed by atoms with Crippen molar-refractivity contribution in [2.45, 2.75) is 39.7 Å². The van der Waals surface area contributed by atoms with Gasteiger partial charge in [-0.2, -0.15) is 5.10 Å². The van der Waals surface area contributed by atoms with Gasteiger partial charge in [0.25, 0.3) is 5.91 Å². The Kier molecular flexibility index (Phi) is 6.17. The van der Waals surface area contributed by atoms with Crippen molar-refractivity contribution in [3.8, 4) is 5.69 Å². The summed E-state index contributed by atoms with van der Waals surface area (Å²) in [4.78, 5) is 28.7. The summed E-state index contributed by atoms with van der Waals surface area (Å²) in [6.45, 7) is 9.34. The monoisotopic (exact) mass is 418 g/mol. The predicted molar refractivity (Wildman–Crippen MR) is 112 cm³/mol. The zero-order chi connectivity index (χ0) is 21.2. The van der Waals surface area contributed by atoms with Crippen molar-refractivity contribution in [2.24, 2.45) is 0 Å². The van der Waals surface area contributed by atoms with Crippen molar-refractivity contribution in [3.05, 3.63) is 46.7 Å². The standard InChI is InChI=1S/C21H27ClN4O3/c1-5-18-17(14-23-26(18)16-8-6-7-15(22)13-16)19(27)24-9-11-25(12-10-24)20(28)29-21(2,3)4/h6-8,13-14H,5,9-12H2,1-4H3. The van der Waals surface area contributed by atoms with Crippen LogP contribution in [0.25, 0.3) is 5.69 Å². The summed E-state index contributed by atoms with van der Waals surface area (Å²) in [5.41, 5.74) is 1.71. The smallest absolute Gasteiger partial charge is 0.410 e. The molecule has 0 saturated carbocycles. The molecule has 0 radical (unpaired) electrons. The lowest BCUT2D eigenvalue weighted by atomic mass is 10.1. The molecule has 1 aliphatic rings. The van der Waals surface area contributed by atoms with Crippen molar-refractivity contribution < 1.29 is 14.3 Å². The van der Waals surface area contributed by atoms with E-state index in [2.05, 4.69) is 5.10 Å². The average Bonchev–Trinajstić information content (AvgIpc) is 3.10. The highest BCUT2D eigenvalue weighted by Crippen LogP contribution is 2.21. The summed E-state index contributed by atoms with van der Waals surface area (Å²) < 4.78 is 7.18. The van der Waals surface area contributed by atoms with Crippen molar-refractivity contribution >= 4 is 23.6 Å². The van der Waals surface area contributed by atoms with E-state index in [1.165, 1.54) is 0 Å². The zero-order valence-electron chi connectivity index (χ0n) is 17.3. The van der Waals surface area contributed by atoms with Gasteiger partial charge in [0.15, 0.2) is 0 Å². The minimum Gasteiger partial charge on any atom is -0.444 e. The summed E-state index contributed by atoms with van der Waals surface area (Å²) >= 11 is 6.10. The molecule has 0 spiro atoms. The van der Waals surface area contributed by atoms with E-state index in [-0.39, 0.29) is 12.0 Å². The number of amides is 2. The van der Waals surface area contributed by atoms with Gasteiger partial charge >= 0.3 is 6.09 Å². The highest BCUT2D eigenvalue weighted by Gasteiger charge is 2.29. The van der Waals surface area contributed by atoms with Crippen LogP contribution in [0.1, 0.15) is 43.7 Å². The molecule has 1 saturated heterocycles. The molecule has 2 amide bonds. The molecule has 0 aliphatic carbocycles. The quantitative estimate of drug-likeness (QED) is 0.760. The third-order valence-corrected chi connectivity index (χ3v) is 4.94. The Morgan fingerprint density at radius 1 is 1.14 bits per heavy atom. The second kappa shape index (κ2) is 8.45. The first-order valence-electron chi connectivity index (χ1n) is 9.79. The SMILES string of the molecule is CCc1c(C(=O)N2CCN(C(=O)OC(C)(C)C)CC2)cnn1-c1cccc(Cl)c1. The molecule has 1 aromatic heterocycles. The number of ether oxygens (including phenoxy) is 1. The molecule has 1 aromatic carbocycles. The number of halogens is 1. The number of piperazine rings is 1. The van der Waals surface area contributed by atoms with E-state index in [9.17, 15) is 9.59 Å². The van der Waals surface area contributed by atoms with Crippen LogP contribution < -0.4 is 0 Å². The lowest BCUT2D eigenvalue weighted by Gasteiger charge is -2.35. The van der Waals surface area contributed by atoms with Gasteiger partial charge in [-0.05, 0) is 45.4 Å². The Morgan fingerprint density at radius 2 is 1.79 bits per heavy atom. The number of hydrogen-bond donors (Lipinski definition) is 0. The van der Waals surface area contributed by atoms with E-state index in [0.717, 1.165) is 11.4 Å². The Hall–Kier alpha value is -2.54. The maximum atomic E-state index is 13.1. The molecule has 0 atom stereocenters. The number of hydrogen-bond acceptors (Lipinski definition) is 4. The van der Waals surface area contributed by atoms with E-state index in [4.69, 9.17) is 16.3 Å². The molecule has 156 valence electrons. The van der Waals surface area contributed by atoms with E-state index in [0.29, 0.717) is 43.2 Å². The van der Waals surface area contributed by atoms with Gasteiger partial charge in [0.1, 0.15) is 5.60 Å². The summed E-state index contributed by atoms with van der Waals surface area (Å²) in [6.07, 6.45) is 1.93. The minimum absolute atomic E-state index is 0.0704. The molecule has 8 heteroatoms. The zero-order valence-corrected chi connectivity index (χ0v) is 18.1. The highest BCUT2D eigenvalue weighted by molar-refractivity contribution is 6.30. The van der Waals surface area contributed by atoms with Crippen LogP contribution in [-0.2, 0) is 11.2 Å². The molecule has 2 aromatic rings. The van der Waals surface area contributed by atoms with Crippen LogP contribution in [0.4, 0.5) is 4.79 Å². The molecule has 1 aliphatic heterocycles. The van der Waals surface area contributed by atoms with E-state index in [1.54, 1.807) is 26.7 Å². The minimum atomic E-state index is -0.533. The van der Waals surface area contributed by atoms with Crippen LogP contribution >= 0.6 is 11.6 Å². The molecule has 3 rings (SSSR count). The van der Waals surface area contributed by atoms with Crippen LogP contribution in [0, 0.1) is 0 Å². The van der Waals surface area contributed by atoms with E-state index < -0.39 is 5.60 Å². The number of carbonyl (C=O) groups excluding carboxylic acids is 2. The first-order valence-corrected chi connectivity index (χ1v) is 10.2. The topological polar surface area (TPSA) is 67.7 Å². The Morgan fingerprint density at radius 3 is 2.38 bits per heavy atom. The molecule has 0 N–H and O–H groups in total. The van der Waals surface area contributed by atoms with Crippen LogP contribution in [0.3, 0.4) is 0 Å². The van der Waals surface area contributed by atoms with Gasteiger partial charge in [0.05, 0.1) is 23.1 Å². The molecule has 7 nitrogen and oxygen atoms in total. The Labute approximate surface area is 176 Å². The maximum absolute atomic E-state index is 13.1. The molecule has 2 heterocycles. The summed E-state index contributed by atoms with van der Waals surface area (Å²) in [6, 6.07) is 7.39. The largest absolute Gasteiger partial charge is 0.444 e. The van der Waals surface area contributed by atoms with Gasteiger partial charge in [-0.1, -0.05) is 24.6 Å². The molecule has 0 unspecified atom stereocenters. The fourth-order valence-electron chi connectivity index (χ4n) is 3.31. The maximum Gasteiger partial charge on any atom is 0.410 e. The molecule has 0 bridgehead atoms. The van der Waals surface area contributed by atoms with Crippen molar-refractivity contribution in [1.29, 1.82) is 0 Å². The van der Waals surface area contributed by atoms with E-state index in [1.807, 2.05) is 45.9 Å². The van der Waals surface area contributed by atoms with Crippen molar-refractivity contribution in [2.75, 3.05) is 26.2 Å². The number of rotatable bonds is 3. The van der Waals surface area contributed by atoms with Crippen molar-refractivity contribution in [1.82, 2.24) is 19.6 Å². The summed E-state index contributed by atoms with van der Waals surface area (Å²) in [7, 11) is 0. The second-order valence-electron chi connectivity index (χ2n) is 8.01. The van der Waals surface area contributed by atoms with Crippen LogP contribution in [0.2, 0.25) is 5.02 Å². The molecular formula is C21H27ClN4O3. The number of carbonyl (C=O) groups is 2. The first kappa shape index (κ1) is 21.2. The van der Waals surface area contributed by atoms with Gasteiger partial charge in [0, 0.05) is 31.2 Å². The van der Waals surface area contributed by atoms with Crippen molar-refractivity contribution in [3.63, 3.8) is 0 Å². The normalized spacial score (nSPS) is 14.8. The van der Waals surface area contributed by atoms with Crippen LogP contribution in [0.15, 0.2) is 30.5 Å². The third kappa shape index (κ3) is 4.90. The van der Waals surface area contributed by atoms with Gasteiger partial charge in [-0.25, -0.2) is 9.48 Å². The summed E-state index contributed by atoms with van der Waals surface area (Å²) in [5.74, 6) is -0.0704. The van der Waals surface area contributed by atoms with Gasteiger partial charge in [-0.3, -0.25) is 4.79 Å². The Bertz CT molecular complexity index is 896. The van der Waals surface area contributed by atoms with Gasteiger partial charge < -0.3 is 14.5 Å². The molecule has 1 fully saturated rings. The van der Waals surface area contributed by atoms with Gasteiger partial charge in [-0.15, -0.1) is 0 Å². The average molecular weight is 419 g/mol. The number of aromatic nitrogens is 2. The predicted octanol–water partition coefficient (Wildman–Crippen LogP) is 3.78. The molecule has 29 heavy (non-hydrogen) atoms. The van der Waals surface area contributed by atoms with Crippen LogP contribution in [-0.4, -0.2) is 63.4 Å². The third-order valence-electron chi connectivity index (χ3n) is 4.71. The second-order valence-corrected chi connectivity index (χ2v) is 8.45. The van der Waals surface area contributed by atoms with E-state index >= 15 is 0 Å². The fraction of sp³-hybridized carbons (Fsp3) is 0.476. The van der Waals surface area contributed by atoms with Crippen LogP contribution in [0.5, 0.6) is 0 Å². The lowest BCUT2D eigenvalue weighted by Crippen LogP contribution is -2.51. The number of nitrogens with zero attached hydrogens (tertiary/aromatic N) is 4. The number of benzene rings is 1. The van der Waals surface area contributed by atoms with Gasteiger partial charge in [0.2, 0.25) is 0 Å². The summed E-state index contributed by atoms with van der Waals surface area (Å²) in [5, 5.41) is 5.04. The lowest BCUT2D eigenvalue weighted by molar-refractivity contribution is 0.0140.